The molecule has 2 aliphatic rings. The predicted octanol–water partition coefficient (Wildman–Crippen LogP) is 2.15. The van der Waals surface area contributed by atoms with Crippen LogP contribution in [0.15, 0.2) is 18.2 Å². The maximum absolute atomic E-state index is 12.6. The number of benzene rings is 1. The number of anilines is 1. The molecule has 0 aliphatic carbocycles. The summed E-state index contributed by atoms with van der Waals surface area (Å²) in [5, 5.41) is 3.33. The molecule has 0 bridgehead atoms. The van der Waals surface area contributed by atoms with Crippen molar-refractivity contribution in [2.75, 3.05) is 38.7 Å². The zero-order valence-corrected chi connectivity index (χ0v) is 12.0. The minimum Gasteiger partial charge on any atom is -0.384 e. The van der Waals surface area contributed by atoms with E-state index in [4.69, 9.17) is 4.74 Å². The molecule has 0 radical (unpaired) electrons. The third-order valence-corrected chi connectivity index (χ3v) is 4.27. The molecule has 108 valence electrons. The standard InChI is InChI=1S/C16H22N2O2/c1-20-11-12-3-2-8-18(10-12)16(19)14-4-5-15-13(9-14)6-7-17-15/h4-5,9,12,17H,2-3,6-8,10-11H2,1H3. The van der Waals surface area contributed by atoms with Crippen LogP contribution >= 0.6 is 0 Å². The number of methoxy groups -OCH3 is 1. The summed E-state index contributed by atoms with van der Waals surface area (Å²) in [6, 6.07) is 6.03. The van der Waals surface area contributed by atoms with Gasteiger partial charge in [0.2, 0.25) is 0 Å². The van der Waals surface area contributed by atoms with Crippen molar-refractivity contribution in [2.24, 2.45) is 5.92 Å². The highest BCUT2D eigenvalue weighted by Crippen LogP contribution is 2.25. The van der Waals surface area contributed by atoms with E-state index in [-0.39, 0.29) is 5.91 Å². The summed E-state index contributed by atoms with van der Waals surface area (Å²) in [6.07, 6.45) is 3.25. The monoisotopic (exact) mass is 274 g/mol. The number of piperidine rings is 1. The Morgan fingerprint density at radius 2 is 2.40 bits per heavy atom. The average molecular weight is 274 g/mol. The van der Waals surface area contributed by atoms with Crippen LogP contribution in [0.4, 0.5) is 5.69 Å². The number of carbonyl (C=O) groups is 1. The Morgan fingerprint density at radius 3 is 3.25 bits per heavy atom. The molecular weight excluding hydrogens is 252 g/mol. The molecule has 1 unspecified atom stereocenters. The van der Waals surface area contributed by atoms with E-state index in [9.17, 15) is 4.79 Å². The van der Waals surface area contributed by atoms with Gasteiger partial charge in [0.25, 0.3) is 5.91 Å². The number of fused-ring (bicyclic) bond motifs is 1. The summed E-state index contributed by atoms with van der Waals surface area (Å²) in [7, 11) is 1.73. The van der Waals surface area contributed by atoms with E-state index < -0.39 is 0 Å². The molecule has 2 aliphatic heterocycles. The van der Waals surface area contributed by atoms with Gasteiger partial charge in [-0.3, -0.25) is 4.79 Å². The Kier molecular flexibility index (Phi) is 3.92. The number of carbonyl (C=O) groups excluding carboxylic acids is 1. The number of amides is 1. The third-order valence-electron chi connectivity index (χ3n) is 4.27. The van der Waals surface area contributed by atoms with Crippen LogP contribution in [0.3, 0.4) is 0 Å². The van der Waals surface area contributed by atoms with Crippen LogP contribution in [0.1, 0.15) is 28.8 Å². The van der Waals surface area contributed by atoms with E-state index in [2.05, 4.69) is 11.4 Å². The number of rotatable bonds is 3. The van der Waals surface area contributed by atoms with Gasteiger partial charge in [-0.25, -0.2) is 0 Å². The van der Waals surface area contributed by atoms with Gasteiger partial charge >= 0.3 is 0 Å². The Hall–Kier alpha value is -1.55. The molecule has 2 heterocycles. The summed E-state index contributed by atoms with van der Waals surface area (Å²) < 4.78 is 5.23. The van der Waals surface area contributed by atoms with Crippen molar-refractivity contribution in [3.63, 3.8) is 0 Å². The highest BCUT2D eigenvalue weighted by molar-refractivity contribution is 5.95. The van der Waals surface area contributed by atoms with Crippen LogP contribution in [-0.4, -0.2) is 44.2 Å². The van der Waals surface area contributed by atoms with Crippen molar-refractivity contribution in [1.29, 1.82) is 0 Å². The van der Waals surface area contributed by atoms with Crippen molar-refractivity contribution in [3.8, 4) is 0 Å². The molecular formula is C16H22N2O2. The van der Waals surface area contributed by atoms with Gasteiger partial charge in [0.1, 0.15) is 0 Å². The van der Waals surface area contributed by atoms with Gasteiger partial charge in [0.15, 0.2) is 0 Å². The molecule has 0 spiro atoms. The molecule has 3 rings (SSSR count). The second-order valence-electron chi connectivity index (χ2n) is 5.76. The lowest BCUT2D eigenvalue weighted by atomic mass is 9.98. The Bertz CT molecular complexity index is 499. The van der Waals surface area contributed by atoms with Crippen LogP contribution in [-0.2, 0) is 11.2 Å². The molecule has 1 N–H and O–H groups in total. The Morgan fingerprint density at radius 1 is 1.50 bits per heavy atom. The molecule has 1 saturated heterocycles. The zero-order chi connectivity index (χ0) is 13.9. The van der Waals surface area contributed by atoms with E-state index in [1.807, 2.05) is 17.0 Å². The normalized spacial score (nSPS) is 21.4. The fourth-order valence-electron chi connectivity index (χ4n) is 3.24. The van der Waals surface area contributed by atoms with Crippen LogP contribution in [0, 0.1) is 5.92 Å². The van der Waals surface area contributed by atoms with Crippen molar-refractivity contribution >= 4 is 11.6 Å². The molecule has 4 heteroatoms. The summed E-state index contributed by atoms with van der Waals surface area (Å²) >= 11 is 0. The minimum atomic E-state index is 0.167. The lowest BCUT2D eigenvalue weighted by Crippen LogP contribution is -2.41. The number of ether oxygens (including phenoxy) is 1. The number of hydrogen-bond acceptors (Lipinski definition) is 3. The van der Waals surface area contributed by atoms with E-state index >= 15 is 0 Å². The number of hydrogen-bond donors (Lipinski definition) is 1. The minimum absolute atomic E-state index is 0.167. The van der Waals surface area contributed by atoms with Gasteiger partial charge in [-0.1, -0.05) is 0 Å². The first-order valence-corrected chi connectivity index (χ1v) is 7.43. The first kappa shape index (κ1) is 13.4. The molecule has 1 aromatic carbocycles. The second-order valence-corrected chi connectivity index (χ2v) is 5.76. The topological polar surface area (TPSA) is 41.6 Å². The van der Waals surface area contributed by atoms with Gasteiger partial charge in [-0.15, -0.1) is 0 Å². The van der Waals surface area contributed by atoms with Gasteiger partial charge in [0, 0.05) is 38.0 Å². The van der Waals surface area contributed by atoms with Crippen LogP contribution in [0.5, 0.6) is 0 Å². The van der Waals surface area contributed by atoms with Crippen molar-refractivity contribution < 1.29 is 9.53 Å². The number of nitrogens with zero attached hydrogens (tertiary/aromatic N) is 1. The van der Waals surface area contributed by atoms with E-state index in [1.165, 1.54) is 11.3 Å². The Labute approximate surface area is 120 Å². The van der Waals surface area contributed by atoms with Crippen LogP contribution in [0.25, 0.3) is 0 Å². The fraction of sp³-hybridized carbons (Fsp3) is 0.562. The van der Waals surface area contributed by atoms with Gasteiger partial charge in [-0.2, -0.15) is 0 Å². The van der Waals surface area contributed by atoms with E-state index in [0.29, 0.717) is 5.92 Å². The molecule has 1 amide bonds. The summed E-state index contributed by atoms with van der Waals surface area (Å²) in [5.74, 6) is 0.647. The fourth-order valence-corrected chi connectivity index (χ4v) is 3.24. The Balaban J connectivity index is 1.72. The SMILES string of the molecule is COCC1CCCN(C(=O)c2ccc3c(c2)CCN3)C1. The lowest BCUT2D eigenvalue weighted by molar-refractivity contribution is 0.0571. The molecule has 0 aromatic heterocycles. The molecule has 1 aromatic rings. The summed E-state index contributed by atoms with van der Waals surface area (Å²) in [5.41, 5.74) is 3.27. The van der Waals surface area contributed by atoms with Crippen molar-refractivity contribution in [2.45, 2.75) is 19.3 Å². The van der Waals surface area contributed by atoms with Gasteiger partial charge < -0.3 is 15.0 Å². The van der Waals surface area contributed by atoms with Crippen LogP contribution < -0.4 is 5.32 Å². The van der Waals surface area contributed by atoms with Crippen LogP contribution in [0.2, 0.25) is 0 Å². The first-order valence-electron chi connectivity index (χ1n) is 7.43. The maximum Gasteiger partial charge on any atom is 0.253 e. The average Bonchev–Trinajstić information content (AvgIpc) is 2.94. The molecule has 1 atom stereocenters. The quantitative estimate of drug-likeness (QED) is 0.918. The maximum atomic E-state index is 12.6. The number of nitrogens with one attached hydrogen (secondary N) is 1. The van der Waals surface area contributed by atoms with E-state index in [0.717, 1.165) is 51.1 Å². The van der Waals surface area contributed by atoms with E-state index in [1.54, 1.807) is 7.11 Å². The lowest BCUT2D eigenvalue weighted by Gasteiger charge is -2.32. The smallest absolute Gasteiger partial charge is 0.253 e. The third kappa shape index (κ3) is 2.66. The summed E-state index contributed by atoms with van der Waals surface area (Å²) in [4.78, 5) is 14.6. The molecule has 1 fully saturated rings. The summed E-state index contributed by atoms with van der Waals surface area (Å²) in [6.45, 7) is 3.42. The zero-order valence-electron chi connectivity index (χ0n) is 12.0. The molecule has 20 heavy (non-hydrogen) atoms. The first-order chi connectivity index (χ1) is 9.78. The predicted molar refractivity (Wildman–Crippen MR) is 79.1 cm³/mol. The highest BCUT2D eigenvalue weighted by Gasteiger charge is 2.25. The van der Waals surface area contributed by atoms with Gasteiger partial charge in [0.05, 0.1) is 6.61 Å². The molecule has 0 saturated carbocycles. The second kappa shape index (κ2) is 5.83. The van der Waals surface area contributed by atoms with Crippen molar-refractivity contribution in [1.82, 2.24) is 4.90 Å². The largest absolute Gasteiger partial charge is 0.384 e. The molecule has 4 nitrogen and oxygen atoms in total. The van der Waals surface area contributed by atoms with Gasteiger partial charge in [-0.05, 0) is 48.9 Å². The number of likely N-dealkylation sites (tertiary alicyclic amines) is 1. The van der Waals surface area contributed by atoms with Crippen molar-refractivity contribution in [3.05, 3.63) is 29.3 Å². The highest BCUT2D eigenvalue weighted by atomic mass is 16.5.